The highest BCUT2D eigenvalue weighted by molar-refractivity contribution is 6.45. The number of rotatable bonds is 3. The lowest BCUT2D eigenvalue weighted by molar-refractivity contribution is -0.0394. The minimum absolute atomic E-state index is 0.0900. The lowest BCUT2D eigenvalue weighted by atomic mass is 10.0. The maximum atomic E-state index is 13.0. The molecule has 2 aromatic heterocycles. The van der Waals surface area contributed by atoms with Crippen molar-refractivity contribution >= 4 is 40.0 Å². The van der Waals surface area contributed by atoms with Crippen LogP contribution in [0.25, 0.3) is 22.0 Å². The van der Waals surface area contributed by atoms with Gasteiger partial charge in [0.2, 0.25) is 0 Å². The highest BCUT2D eigenvalue weighted by Gasteiger charge is 2.32. The van der Waals surface area contributed by atoms with Crippen LogP contribution in [0.1, 0.15) is 36.0 Å². The Morgan fingerprint density at radius 3 is 2.93 bits per heavy atom. The van der Waals surface area contributed by atoms with E-state index >= 15 is 0 Å². The molecular weight excluding hydrogens is 415 g/mol. The third-order valence-corrected chi connectivity index (χ3v) is 6.42. The zero-order valence-electron chi connectivity index (χ0n) is 15.6. The maximum Gasteiger partial charge on any atom is 0.268 e. The van der Waals surface area contributed by atoms with Crippen molar-refractivity contribution in [2.45, 2.75) is 38.1 Å². The zero-order valence-corrected chi connectivity index (χ0v) is 17.1. The van der Waals surface area contributed by atoms with E-state index in [1.807, 2.05) is 21.5 Å². The molecule has 1 amide bonds. The fourth-order valence-corrected chi connectivity index (χ4v) is 4.69. The second kappa shape index (κ2) is 7.32. The Balaban J connectivity index is 1.70. The molecule has 9 heteroatoms. The van der Waals surface area contributed by atoms with Gasteiger partial charge < -0.3 is 19.7 Å². The van der Waals surface area contributed by atoms with Crippen LogP contribution >= 0.6 is 23.2 Å². The molecule has 1 saturated heterocycles. The molecule has 2 aliphatic heterocycles. The number of fused-ring (bicyclic) bond motifs is 3. The van der Waals surface area contributed by atoms with Crippen LogP contribution in [0, 0.1) is 0 Å². The third-order valence-electron chi connectivity index (χ3n) is 5.63. The predicted octanol–water partition coefficient (Wildman–Crippen LogP) is 3.62. The number of ether oxygens (including phenoxy) is 1. The Bertz CT molecular complexity index is 1100. The number of carbonyl (C=O) groups is 1. The summed E-state index contributed by atoms with van der Waals surface area (Å²) in [6.07, 6.45) is 6.65. The number of aliphatic hydroxyl groups is 1. The fourth-order valence-electron chi connectivity index (χ4n) is 4.27. The van der Waals surface area contributed by atoms with Crippen LogP contribution in [0.5, 0.6) is 0 Å². The minimum Gasteiger partial charge on any atom is -0.394 e. The van der Waals surface area contributed by atoms with Crippen LogP contribution in [0.15, 0.2) is 24.5 Å². The van der Waals surface area contributed by atoms with Gasteiger partial charge in [0, 0.05) is 35.9 Å². The lowest BCUT2D eigenvalue weighted by Gasteiger charge is -2.25. The van der Waals surface area contributed by atoms with Crippen molar-refractivity contribution in [3.05, 3.63) is 40.3 Å². The average molecular weight is 435 g/mol. The molecular formula is C20H20Cl2N4O3. The third kappa shape index (κ3) is 3.04. The zero-order chi connectivity index (χ0) is 20.1. The second-order valence-electron chi connectivity index (χ2n) is 7.47. The smallest absolute Gasteiger partial charge is 0.268 e. The van der Waals surface area contributed by atoms with E-state index in [1.165, 1.54) is 0 Å². The van der Waals surface area contributed by atoms with E-state index in [0.717, 1.165) is 42.4 Å². The quantitative estimate of drug-likeness (QED) is 0.659. The van der Waals surface area contributed by atoms with Crippen molar-refractivity contribution in [3.8, 4) is 11.1 Å². The van der Waals surface area contributed by atoms with Crippen molar-refractivity contribution in [3.63, 3.8) is 0 Å². The molecule has 5 rings (SSSR count). The lowest BCUT2D eigenvalue weighted by Crippen LogP contribution is -2.46. The van der Waals surface area contributed by atoms with Gasteiger partial charge in [-0.15, -0.1) is 0 Å². The van der Waals surface area contributed by atoms with Gasteiger partial charge in [0.15, 0.2) is 0 Å². The number of nitrogens with one attached hydrogen (secondary N) is 1. The Hall–Kier alpha value is -2.06. The molecule has 3 aromatic rings. The second-order valence-corrected chi connectivity index (χ2v) is 8.26. The standard InChI is InChI=1S/C20H20Cl2N4O3/c21-14-5-4-13-16(11-7-23-26(8-11)15-3-1-2-6-29-15)19-20(28)24-12(10-27)9-25(19)18(13)17(14)22/h4-5,7-8,12,15,27H,1-3,6,9-10H2,(H,24,28). The summed E-state index contributed by atoms with van der Waals surface area (Å²) in [6, 6.07) is 3.23. The number of hydrogen-bond donors (Lipinski definition) is 2. The van der Waals surface area contributed by atoms with Crippen LogP contribution in [-0.4, -0.2) is 44.6 Å². The number of carbonyl (C=O) groups excluding carboxylic acids is 1. The number of aromatic nitrogens is 3. The largest absolute Gasteiger partial charge is 0.394 e. The van der Waals surface area contributed by atoms with Crippen molar-refractivity contribution in [1.29, 1.82) is 0 Å². The van der Waals surface area contributed by atoms with Gasteiger partial charge in [-0.05, 0) is 25.3 Å². The summed E-state index contributed by atoms with van der Waals surface area (Å²) in [6.45, 7) is 0.979. The van der Waals surface area contributed by atoms with Gasteiger partial charge in [0.05, 0.1) is 34.4 Å². The van der Waals surface area contributed by atoms with Crippen LogP contribution in [0.2, 0.25) is 10.0 Å². The first-order chi connectivity index (χ1) is 14.1. The fraction of sp³-hybridized carbons (Fsp3) is 0.400. The molecule has 0 spiro atoms. The first kappa shape index (κ1) is 18.9. The Morgan fingerprint density at radius 2 is 2.17 bits per heavy atom. The number of nitrogens with zero attached hydrogens (tertiary/aromatic N) is 3. The minimum atomic E-state index is -0.383. The van der Waals surface area contributed by atoms with E-state index in [0.29, 0.717) is 27.8 Å². The Labute approximate surface area is 177 Å². The van der Waals surface area contributed by atoms with Gasteiger partial charge >= 0.3 is 0 Å². The normalized spacial score (nSPS) is 22.0. The molecule has 2 unspecified atom stereocenters. The number of aliphatic hydroxyl groups excluding tert-OH is 1. The van der Waals surface area contributed by atoms with E-state index in [1.54, 1.807) is 12.3 Å². The SMILES string of the molecule is O=C1NC(CO)Cn2c1c(-c1cnn(C3CCCCO3)c1)c1ccc(Cl)c(Cl)c12. The molecule has 1 fully saturated rings. The summed E-state index contributed by atoms with van der Waals surface area (Å²) in [5.41, 5.74) is 2.76. The van der Waals surface area contributed by atoms with Crippen LogP contribution in [-0.2, 0) is 11.3 Å². The molecule has 29 heavy (non-hydrogen) atoms. The van der Waals surface area contributed by atoms with E-state index in [4.69, 9.17) is 27.9 Å². The van der Waals surface area contributed by atoms with Crippen molar-refractivity contribution in [2.75, 3.05) is 13.2 Å². The highest BCUT2D eigenvalue weighted by atomic mass is 35.5. The highest BCUT2D eigenvalue weighted by Crippen LogP contribution is 2.42. The van der Waals surface area contributed by atoms with E-state index < -0.39 is 0 Å². The summed E-state index contributed by atoms with van der Waals surface area (Å²) in [5.74, 6) is -0.254. The number of amides is 1. The Kier molecular flexibility index (Phi) is 4.78. The van der Waals surface area contributed by atoms with Gasteiger partial charge in [-0.3, -0.25) is 4.79 Å². The van der Waals surface area contributed by atoms with E-state index in [9.17, 15) is 9.90 Å². The number of halogens is 2. The van der Waals surface area contributed by atoms with Gasteiger partial charge in [0.1, 0.15) is 11.9 Å². The summed E-state index contributed by atoms with van der Waals surface area (Å²) in [7, 11) is 0. The number of hydrogen-bond acceptors (Lipinski definition) is 4. The van der Waals surface area contributed by atoms with E-state index in [2.05, 4.69) is 10.4 Å². The molecule has 0 radical (unpaired) electrons. The van der Waals surface area contributed by atoms with Gasteiger partial charge in [-0.1, -0.05) is 29.3 Å². The molecule has 4 heterocycles. The number of benzene rings is 1. The van der Waals surface area contributed by atoms with Crippen LogP contribution in [0.4, 0.5) is 0 Å². The van der Waals surface area contributed by atoms with Crippen LogP contribution < -0.4 is 5.32 Å². The molecule has 2 atom stereocenters. The molecule has 2 N–H and O–H groups in total. The van der Waals surface area contributed by atoms with Crippen LogP contribution in [0.3, 0.4) is 0 Å². The van der Waals surface area contributed by atoms with Crippen molar-refractivity contribution in [2.24, 2.45) is 0 Å². The molecule has 152 valence electrons. The molecule has 7 nitrogen and oxygen atoms in total. The molecule has 2 aliphatic rings. The molecule has 1 aromatic carbocycles. The van der Waals surface area contributed by atoms with Gasteiger partial charge in [-0.2, -0.15) is 5.10 Å². The van der Waals surface area contributed by atoms with Gasteiger partial charge in [0.25, 0.3) is 5.91 Å². The summed E-state index contributed by atoms with van der Waals surface area (Å²) in [4.78, 5) is 13.0. The summed E-state index contributed by atoms with van der Waals surface area (Å²) in [5, 5.41) is 18.6. The maximum absolute atomic E-state index is 13.0. The average Bonchev–Trinajstić information content (AvgIpc) is 3.34. The molecule has 0 bridgehead atoms. The molecule has 0 saturated carbocycles. The topological polar surface area (TPSA) is 81.3 Å². The molecule has 0 aliphatic carbocycles. The monoisotopic (exact) mass is 434 g/mol. The first-order valence-electron chi connectivity index (χ1n) is 9.66. The van der Waals surface area contributed by atoms with Crippen molar-refractivity contribution in [1.82, 2.24) is 19.7 Å². The van der Waals surface area contributed by atoms with Gasteiger partial charge in [-0.25, -0.2) is 4.68 Å². The summed E-state index contributed by atoms with van der Waals surface area (Å²) >= 11 is 12.8. The predicted molar refractivity (Wildman–Crippen MR) is 110 cm³/mol. The van der Waals surface area contributed by atoms with Crippen molar-refractivity contribution < 1.29 is 14.6 Å². The Morgan fingerprint density at radius 1 is 1.31 bits per heavy atom. The first-order valence-corrected chi connectivity index (χ1v) is 10.4. The summed E-state index contributed by atoms with van der Waals surface area (Å²) < 4.78 is 9.50. The van der Waals surface area contributed by atoms with E-state index in [-0.39, 0.29) is 24.8 Å².